The zero-order valence-electron chi connectivity index (χ0n) is 17.2. The lowest BCUT2D eigenvalue weighted by Gasteiger charge is -2.21. The molecule has 0 aliphatic heterocycles. The van der Waals surface area contributed by atoms with Crippen molar-refractivity contribution in [2.75, 3.05) is 38.5 Å². The number of rotatable bonds is 9. The van der Waals surface area contributed by atoms with E-state index >= 15 is 0 Å². The number of para-hydroxylation sites is 1. The Morgan fingerprint density at radius 2 is 1.71 bits per heavy atom. The topological polar surface area (TPSA) is 83.0 Å². The van der Waals surface area contributed by atoms with Gasteiger partial charge in [0.05, 0.1) is 18.3 Å². The van der Waals surface area contributed by atoms with Crippen LogP contribution in [0.25, 0.3) is 0 Å². The largest absolute Gasteiger partial charge is 0.349 e. The number of quaternary nitrogens is 1. The number of hydrogen-bond donors (Lipinski definition) is 3. The Labute approximate surface area is 167 Å². The van der Waals surface area contributed by atoms with E-state index in [1.165, 1.54) is 0 Å². The summed E-state index contributed by atoms with van der Waals surface area (Å²) in [4.78, 5) is 39.8. The van der Waals surface area contributed by atoms with E-state index in [1.54, 1.807) is 29.2 Å². The number of anilines is 1. The highest BCUT2D eigenvalue weighted by atomic mass is 16.2. The van der Waals surface area contributed by atoms with E-state index in [0.29, 0.717) is 24.3 Å². The highest BCUT2D eigenvalue weighted by Gasteiger charge is 2.21. The molecule has 0 saturated heterocycles. The molecular weight excluding hydrogens is 356 g/mol. The van der Waals surface area contributed by atoms with Crippen LogP contribution in [0.5, 0.6) is 0 Å². The van der Waals surface area contributed by atoms with Crippen LogP contribution in [0.3, 0.4) is 0 Å². The molecule has 1 saturated carbocycles. The zero-order valence-corrected chi connectivity index (χ0v) is 17.2. The Bertz CT molecular complexity index is 682. The second kappa shape index (κ2) is 10.8. The molecule has 1 aliphatic rings. The summed E-state index contributed by atoms with van der Waals surface area (Å²) in [7, 11) is 1.82. The van der Waals surface area contributed by atoms with Gasteiger partial charge in [-0.15, -0.1) is 0 Å². The lowest BCUT2D eigenvalue weighted by atomic mass is 10.1. The lowest BCUT2D eigenvalue weighted by molar-refractivity contribution is -0.862. The number of likely N-dealkylation sites (N-methyl/N-ethyl adjacent to an activating group) is 2. The maximum absolute atomic E-state index is 12.6. The highest BCUT2D eigenvalue weighted by molar-refractivity contribution is 6.04. The van der Waals surface area contributed by atoms with Gasteiger partial charge in [-0.3, -0.25) is 14.4 Å². The average Bonchev–Trinajstić information content (AvgIpc) is 3.15. The Hall–Kier alpha value is -2.41. The molecule has 1 atom stereocenters. The molecule has 1 aromatic carbocycles. The van der Waals surface area contributed by atoms with Gasteiger partial charge in [-0.2, -0.15) is 0 Å². The first kappa shape index (κ1) is 21.9. The highest BCUT2D eigenvalue weighted by Crippen LogP contribution is 2.20. The van der Waals surface area contributed by atoms with Crippen LogP contribution in [0.2, 0.25) is 0 Å². The van der Waals surface area contributed by atoms with Crippen LogP contribution in [0.15, 0.2) is 24.3 Å². The van der Waals surface area contributed by atoms with Gasteiger partial charge in [0, 0.05) is 19.1 Å². The summed E-state index contributed by atoms with van der Waals surface area (Å²) in [6.45, 7) is 5.63. The molecule has 0 heterocycles. The Balaban J connectivity index is 1.92. The third-order valence-electron chi connectivity index (χ3n) is 5.17. The number of nitrogens with one attached hydrogen (secondary N) is 3. The Morgan fingerprint density at radius 1 is 1.07 bits per heavy atom. The maximum atomic E-state index is 12.6. The molecule has 154 valence electrons. The fourth-order valence-electron chi connectivity index (χ4n) is 3.60. The van der Waals surface area contributed by atoms with Crippen molar-refractivity contribution in [2.45, 2.75) is 45.6 Å². The lowest BCUT2D eigenvalue weighted by Crippen LogP contribution is -3.11. The number of carbonyl (C=O) groups is 3. The molecule has 28 heavy (non-hydrogen) atoms. The first-order chi connectivity index (χ1) is 13.4. The molecule has 0 radical (unpaired) electrons. The van der Waals surface area contributed by atoms with Crippen molar-refractivity contribution in [3.05, 3.63) is 29.8 Å². The van der Waals surface area contributed by atoms with Gasteiger partial charge in [0.15, 0.2) is 13.1 Å². The number of benzene rings is 1. The van der Waals surface area contributed by atoms with Crippen LogP contribution in [0.1, 0.15) is 49.9 Å². The van der Waals surface area contributed by atoms with Crippen LogP contribution in [0.4, 0.5) is 5.69 Å². The van der Waals surface area contributed by atoms with Crippen LogP contribution in [-0.2, 0) is 9.59 Å². The molecule has 7 nitrogen and oxygen atoms in total. The Morgan fingerprint density at radius 3 is 2.36 bits per heavy atom. The van der Waals surface area contributed by atoms with Gasteiger partial charge in [0.25, 0.3) is 17.7 Å². The second-order valence-corrected chi connectivity index (χ2v) is 7.43. The van der Waals surface area contributed by atoms with E-state index in [-0.39, 0.29) is 36.9 Å². The first-order valence-corrected chi connectivity index (χ1v) is 10.2. The van der Waals surface area contributed by atoms with Crippen LogP contribution in [-0.4, -0.2) is 61.9 Å². The molecule has 0 aromatic heterocycles. The third-order valence-corrected chi connectivity index (χ3v) is 5.17. The SMILES string of the molecule is CCN(CC)C(=O)C[NH+](C)CC(=O)Nc1ccccc1C(=O)NC1CCCC1. The summed E-state index contributed by atoms with van der Waals surface area (Å²) in [5, 5.41) is 5.89. The number of amides is 3. The molecule has 1 aromatic rings. The van der Waals surface area contributed by atoms with E-state index < -0.39 is 0 Å². The summed E-state index contributed by atoms with van der Waals surface area (Å²) in [5.74, 6) is -0.335. The minimum atomic E-state index is -0.217. The molecule has 1 fully saturated rings. The standard InChI is InChI=1S/C21H32N4O3/c1-4-25(5-2)20(27)15-24(3)14-19(26)23-18-13-9-8-12-17(18)21(28)22-16-10-6-7-11-16/h8-9,12-13,16H,4-7,10-11,14-15H2,1-3H3,(H,22,28)(H,23,26)/p+1. The van der Waals surface area contributed by atoms with Gasteiger partial charge in [0.1, 0.15) is 0 Å². The number of nitrogens with zero attached hydrogens (tertiary/aromatic N) is 1. The maximum Gasteiger partial charge on any atom is 0.279 e. The molecule has 3 amide bonds. The van der Waals surface area contributed by atoms with Crippen molar-refractivity contribution in [1.82, 2.24) is 10.2 Å². The molecule has 1 aliphatic carbocycles. The van der Waals surface area contributed by atoms with Crippen LogP contribution < -0.4 is 15.5 Å². The minimum absolute atomic E-state index is 0.0339. The van der Waals surface area contributed by atoms with Gasteiger partial charge >= 0.3 is 0 Å². The third kappa shape index (κ3) is 6.34. The van der Waals surface area contributed by atoms with E-state index in [2.05, 4.69) is 10.6 Å². The van der Waals surface area contributed by atoms with E-state index in [1.807, 2.05) is 20.9 Å². The van der Waals surface area contributed by atoms with Gasteiger partial charge in [-0.1, -0.05) is 25.0 Å². The van der Waals surface area contributed by atoms with Gasteiger partial charge in [0.2, 0.25) is 0 Å². The monoisotopic (exact) mass is 389 g/mol. The van der Waals surface area contributed by atoms with E-state index in [4.69, 9.17) is 0 Å². The van der Waals surface area contributed by atoms with Gasteiger partial charge in [-0.05, 0) is 38.8 Å². The first-order valence-electron chi connectivity index (χ1n) is 10.2. The van der Waals surface area contributed by atoms with Crippen molar-refractivity contribution < 1.29 is 19.3 Å². The Kier molecular flexibility index (Phi) is 8.44. The summed E-state index contributed by atoms with van der Waals surface area (Å²) < 4.78 is 0. The summed E-state index contributed by atoms with van der Waals surface area (Å²) >= 11 is 0. The summed E-state index contributed by atoms with van der Waals surface area (Å²) in [6.07, 6.45) is 4.30. The molecule has 1 unspecified atom stereocenters. The minimum Gasteiger partial charge on any atom is -0.349 e. The average molecular weight is 390 g/mol. The van der Waals surface area contributed by atoms with Crippen molar-refractivity contribution >= 4 is 23.4 Å². The summed E-state index contributed by atoms with van der Waals surface area (Å²) in [5.41, 5.74) is 0.977. The molecular formula is C21H33N4O3+. The van der Waals surface area contributed by atoms with Crippen molar-refractivity contribution in [1.29, 1.82) is 0 Å². The molecule has 2 rings (SSSR count). The number of hydrogen-bond acceptors (Lipinski definition) is 3. The van der Waals surface area contributed by atoms with Crippen molar-refractivity contribution in [3.8, 4) is 0 Å². The van der Waals surface area contributed by atoms with Crippen molar-refractivity contribution in [3.63, 3.8) is 0 Å². The van der Waals surface area contributed by atoms with E-state index in [0.717, 1.165) is 30.6 Å². The predicted molar refractivity (Wildman–Crippen MR) is 109 cm³/mol. The molecule has 0 spiro atoms. The number of carbonyl (C=O) groups excluding carboxylic acids is 3. The van der Waals surface area contributed by atoms with Crippen LogP contribution in [0, 0.1) is 0 Å². The van der Waals surface area contributed by atoms with Gasteiger partial charge in [-0.25, -0.2) is 0 Å². The molecule has 3 N–H and O–H groups in total. The molecule has 7 heteroatoms. The fourth-order valence-corrected chi connectivity index (χ4v) is 3.60. The summed E-state index contributed by atoms with van der Waals surface area (Å²) in [6, 6.07) is 7.26. The van der Waals surface area contributed by atoms with Gasteiger partial charge < -0.3 is 20.4 Å². The predicted octanol–water partition coefficient (Wildman–Crippen LogP) is 0.681. The van der Waals surface area contributed by atoms with Crippen LogP contribution >= 0.6 is 0 Å². The zero-order chi connectivity index (χ0) is 20.5. The van der Waals surface area contributed by atoms with E-state index in [9.17, 15) is 14.4 Å². The smallest absolute Gasteiger partial charge is 0.279 e. The van der Waals surface area contributed by atoms with Crippen molar-refractivity contribution in [2.24, 2.45) is 0 Å². The quantitative estimate of drug-likeness (QED) is 0.581. The normalized spacial score (nSPS) is 15.1. The second-order valence-electron chi connectivity index (χ2n) is 7.43. The fraction of sp³-hybridized carbons (Fsp3) is 0.571. The molecule has 0 bridgehead atoms.